The zero-order valence-electron chi connectivity index (χ0n) is 8.45. The van der Waals surface area contributed by atoms with Crippen LogP contribution in [-0.4, -0.2) is 24.5 Å². The first kappa shape index (κ1) is 10.7. The molecule has 4 heteroatoms. The maximum Gasteiger partial charge on any atom is 0.233 e. The van der Waals surface area contributed by atoms with Gasteiger partial charge >= 0.3 is 0 Å². The molecule has 1 atom stereocenters. The van der Waals surface area contributed by atoms with Crippen LogP contribution < -0.4 is 10.6 Å². The smallest absolute Gasteiger partial charge is 0.233 e. The number of amides is 1. The van der Waals surface area contributed by atoms with Gasteiger partial charge in [0.25, 0.3) is 0 Å². The lowest BCUT2D eigenvalue weighted by Gasteiger charge is -2.12. The summed E-state index contributed by atoms with van der Waals surface area (Å²) in [6, 6.07) is 4.00. The molecule has 0 aliphatic heterocycles. The SMILES string of the molecule is CNC(=O)CNC(C)c1cccnc1. The first-order valence-electron chi connectivity index (χ1n) is 4.58. The zero-order valence-corrected chi connectivity index (χ0v) is 8.45. The maximum absolute atomic E-state index is 11.0. The second-order valence-electron chi connectivity index (χ2n) is 3.06. The van der Waals surface area contributed by atoms with E-state index in [-0.39, 0.29) is 11.9 Å². The Bertz CT molecular complexity index is 287. The van der Waals surface area contributed by atoms with Crippen molar-refractivity contribution in [2.75, 3.05) is 13.6 Å². The molecule has 14 heavy (non-hydrogen) atoms. The minimum absolute atomic E-state index is 0.0132. The fourth-order valence-corrected chi connectivity index (χ4v) is 1.08. The van der Waals surface area contributed by atoms with Gasteiger partial charge in [-0.2, -0.15) is 0 Å². The van der Waals surface area contributed by atoms with Crippen LogP contribution in [-0.2, 0) is 4.79 Å². The van der Waals surface area contributed by atoms with Crippen LogP contribution in [0.5, 0.6) is 0 Å². The van der Waals surface area contributed by atoms with Gasteiger partial charge in [0.1, 0.15) is 0 Å². The fraction of sp³-hybridized carbons (Fsp3) is 0.400. The molecule has 0 fully saturated rings. The molecule has 1 heterocycles. The van der Waals surface area contributed by atoms with Gasteiger partial charge in [-0.1, -0.05) is 6.07 Å². The van der Waals surface area contributed by atoms with Gasteiger partial charge in [-0.05, 0) is 18.6 Å². The van der Waals surface area contributed by atoms with Gasteiger partial charge in [0.2, 0.25) is 5.91 Å². The van der Waals surface area contributed by atoms with Gasteiger partial charge < -0.3 is 10.6 Å². The summed E-state index contributed by atoms with van der Waals surface area (Å²) < 4.78 is 0. The Morgan fingerprint density at radius 1 is 1.64 bits per heavy atom. The van der Waals surface area contributed by atoms with Gasteiger partial charge in [-0.25, -0.2) is 0 Å². The Balaban J connectivity index is 2.43. The maximum atomic E-state index is 11.0. The molecule has 0 aromatic carbocycles. The van der Waals surface area contributed by atoms with Gasteiger partial charge in [-0.15, -0.1) is 0 Å². The minimum Gasteiger partial charge on any atom is -0.358 e. The van der Waals surface area contributed by atoms with Crippen molar-refractivity contribution in [2.45, 2.75) is 13.0 Å². The molecule has 4 nitrogen and oxygen atoms in total. The zero-order chi connectivity index (χ0) is 10.4. The summed E-state index contributed by atoms with van der Waals surface area (Å²) in [7, 11) is 1.62. The van der Waals surface area contributed by atoms with E-state index in [2.05, 4.69) is 15.6 Å². The highest BCUT2D eigenvalue weighted by molar-refractivity contribution is 5.77. The molecule has 0 saturated heterocycles. The van der Waals surface area contributed by atoms with E-state index in [9.17, 15) is 4.79 Å². The molecule has 0 radical (unpaired) electrons. The number of aromatic nitrogens is 1. The van der Waals surface area contributed by atoms with Crippen molar-refractivity contribution in [1.82, 2.24) is 15.6 Å². The highest BCUT2D eigenvalue weighted by Crippen LogP contribution is 2.08. The Kier molecular flexibility index (Phi) is 4.07. The first-order valence-corrected chi connectivity index (χ1v) is 4.58. The predicted octanol–water partition coefficient (Wildman–Crippen LogP) is 0.478. The molecular weight excluding hydrogens is 178 g/mol. The van der Waals surface area contributed by atoms with Crippen molar-refractivity contribution in [2.24, 2.45) is 0 Å². The third-order valence-electron chi connectivity index (χ3n) is 2.03. The van der Waals surface area contributed by atoms with Gasteiger partial charge in [-0.3, -0.25) is 9.78 Å². The predicted molar refractivity (Wildman–Crippen MR) is 54.7 cm³/mol. The van der Waals surface area contributed by atoms with Crippen molar-refractivity contribution in [1.29, 1.82) is 0 Å². The Morgan fingerprint density at radius 3 is 3.00 bits per heavy atom. The number of pyridine rings is 1. The molecule has 0 aliphatic carbocycles. The summed E-state index contributed by atoms with van der Waals surface area (Å²) in [5, 5.41) is 5.65. The molecule has 0 bridgehead atoms. The number of carbonyl (C=O) groups excluding carboxylic acids is 1. The average Bonchev–Trinajstić information content (AvgIpc) is 2.26. The van der Waals surface area contributed by atoms with Crippen molar-refractivity contribution >= 4 is 5.91 Å². The van der Waals surface area contributed by atoms with Crippen molar-refractivity contribution < 1.29 is 4.79 Å². The van der Waals surface area contributed by atoms with E-state index < -0.39 is 0 Å². The van der Waals surface area contributed by atoms with Crippen LogP contribution in [0.25, 0.3) is 0 Å². The van der Waals surface area contributed by atoms with Gasteiger partial charge in [0.05, 0.1) is 6.54 Å². The molecule has 2 N–H and O–H groups in total. The second-order valence-corrected chi connectivity index (χ2v) is 3.06. The lowest BCUT2D eigenvalue weighted by Crippen LogP contribution is -2.32. The van der Waals surface area contributed by atoms with Crippen LogP contribution in [0.1, 0.15) is 18.5 Å². The monoisotopic (exact) mass is 193 g/mol. The van der Waals surface area contributed by atoms with E-state index in [0.29, 0.717) is 6.54 Å². The molecular formula is C10H15N3O. The van der Waals surface area contributed by atoms with E-state index in [1.54, 1.807) is 19.4 Å². The number of hydrogen-bond acceptors (Lipinski definition) is 3. The highest BCUT2D eigenvalue weighted by atomic mass is 16.1. The van der Waals surface area contributed by atoms with E-state index in [1.165, 1.54) is 0 Å². The Morgan fingerprint density at radius 2 is 2.43 bits per heavy atom. The standard InChI is InChI=1S/C10H15N3O/c1-8(13-7-10(14)11-2)9-4-3-5-12-6-9/h3-6,8,13H,7H2,1-2H3,(H,11,14). The fourth-order valence-electron chi connectivity index (χ4n) is 1.08. The summed E-state index contributed by atoms with van der Waals surface area (Å²) in [6.45, 7) is 2.33. The van der Waals surface area contributed by atoms with Crippen molar-refractivity contribution in [3.63, 3.8) is 0 Å². The van der Waals surface area contributed by atoms with E-state index >= 15 is 0 Å². The number of likely N-dealkylation sites (N-methyl/N-ethyl adjacent to an activating group) is 1. The number of hydrogen-bond donors (Lipinski definition) is 2. The van der Waals surface area contributed by atoms with E-state index in [0.717, 1.165) is 5.56 Å². The van der Waals surface area contributed by atoms with E-state index in [1.807, 2.05) is 19.1 Å². The Labute approximate surface area is 83.7 Å². The van der Waals surface area contributed by atoms with Crippen LogP contribution in [0.2, 0.25) is 0 Å². The van der Waals surface area contributed by atoms with Gasteiger partial charge in [0.15, 0.2) is 0 Å². The summed E-state index contributed by atoms with van der Waals surface area (Å²) in [5.74, 6) is -0.0132. The molecule has 1 unspecified atom stereocenters. The summed E-state index contributed by atoms with van der Waals surface area (Å²) in [6.07, 6.45) is 3.52. The number of nitrogens with zero attached hydrogens (tertiary/aromatic N) is 1. The van der Waals surface area contributed by atoms with Crippen molar-refractivity contribution in [3.05, 3.63) is 30.1 Å². The first-order chi connectivity index (χ1) is 6.74. The molecule has 1 aromatic heterocycles. The molecule has 1 amide bonds. The highest BCUT2D eigenvalue weighted by Gasteiger charge is 2.05. The van der Waals surface area contributed by atoms with Crippen LogP contribution in [0.3, 0.4) is 0 Å². The summed E-state index contributed by atoms with van der Waals surface area (Å²) in [5.41, 5.74) is 1.08. The normalized spacial score (nSPS) is 12.1. The molecule has 1 rings (SSSR count). The third-order valence-corrected chi connectivity index (χ3v) is 2.03. The van der Waals surface area contributed by atoms with E-state index in [4.69, 9.17) is 0 Å². The largest absolute Gasteiger partial charge is 0.358 e. The summed E-state index contributed by atoms with van der Waals surface area (Å²) >= 11 is 0. The Hall–Kier alpha value is -1.42. The minimum atomic E-state index is -0.0132. The topological polar surface area (TPSA) is 54.0 Å². The third kappa shape index (κ3) is 3.14. The number of nitrogens with one attached hydrogen (secondary N) is 2. The molecule has 76 valence electrons. The quantitative estimate of drug-likeness (QED) is 0.731. The summed E-state index contributed by atoms with van der Waals surface area (Å²) in [4.78, 5) is 15.0. The van der Waals surface area contributed by atoms with Crippen LogP contribution in [0.4, 0.5) is 0 Å². The molecule has 1 aromatic rings. The molecule has 0 aliphatic rings. The average molecular weight is 193 g/mol. The van der Waals surface area contributed by atoms with Crippen LogP contribution in [0, 0.1) is 0 Å². The van der Waals surface area contributed by atoms with Crippen molar-refractivity contribution in [3.8, 4) is 0 Å². The van der Waals surface area contributed by atoms with Crippen LogP contribution >= 0.6 is 0 Å². The molecule has 0 spiro atoms. The lowest BCUT2D eigenvalue weighted by molar-refractivity contribution is -0.119. The number of carbonyl (C=O) groups is 1. The van der Waals surface area contributed by atoms with Gasteiger partial charge in [0, 0.05) is 25.5 Å². The molecule has 0 saturated carbocycles. The van der Waals surface area contributed by atoms with Crippen LogP contribution in [0.15, 0.2) is 24.5 Å². The number of rotatable bonds is 4. The lowest BCUT2D eigenvalue weighted by atomic mass is 10.1. The second kappa shape index (κ2) is 5.34.